The predicted octanol–water partition coefficient (Wildman–Crippen LogP) is 5.21. The second kappa shape index (κ2) is 5.70. The molecular formula is C17H13ClFNO. The van der Waals surface area contributed by atoms with Crippen LogP contribution in [0.15, 0.2) is 48.5 Å². The van der Waals surface area contributed by atoms with E-state index in [-0.39, 0.29) is 5.75 Å². The molecule has 0 bridgehead atoms. The van der Waals surface area contributed by atoms with E-state index in [2.05, 4.69) is 4.98 Å². The third-order valence-electron chi connectivity index (χ3n) is 3.22. The molecule has 0 aliphatic carbocycles. The van der Waals surface area contributed by atoms with Crippen LogP contribution in [0, 0.1) is 12.7 Å². The number of hydrogen-bond donors (Lipinski definition) is 0. The minimum atomic E-state index is -0.414. The maximum absolute atomic E-state index is 13.8. The number of aryl methyl sites for hydroxylation is 1. The maximum Gasteiger partial charge on any atom is 0.220 e. The first kappa shape index (κ1) is 13.8. The second-order valence-corrected chi connectivity index (χ2v) is 5.07. The molecule has 0 aliphatic rings. The number of aromatic nitrogens is 1. The van der Waals surface area contributed by atoms with Gasteiger partial charge >= 0.3 is 0 Å². The lowest BCUT2D eigenvalue weighted by molar-refractivity contribution is 0.428. The quantitative estimate of drug-likeness (QED) is 0.619. The fraction of sp³-hybridized carbons (Fsp3) is 0.118. The first-order chi connectivity index (χ1) is 10.2. The van der Waals surface area contributed by atoms with Crippen molar-refractivity contribution in [2.24, 2.45) is 0 Å². The number of para-hydroxylation sites is 1. The number of hydrogen-bond acceptors (Lipinski definition) is 2. The molecule has 4 heteroatoms. The predicted molar refractivity (Wildman–Crippen MR) is 82.5 cm³/mol. The van der Waals surface area contributed by atoms with Gasteiger partial charge in [-0.25, -0.2) is 9.37 Å². The highest BCUT2D eigenvalue weighted by Crippen LogP contribution is 2.28. The Kier molecular flexibility index (Phi) is 3.76. The van der Waals surface area contributed by atoms with E-state index in [0.717, 1.165) is 22.0 Å². The molecule has 0 unspecified atom stereocenters. The van der Waals surface area contributed by atoms with Crippen molar-refractivity contribution in [2.45, 2.75) is 12.8 Å². The Morgan fingerprint density at radius 2 is 1.95 bits per heavy atom. The summed E-state index contributed by atoms with van der Waals surface area (Å²) in [6.07, 6.45) is 0. The fourth-order valence-corrected chi connectivity index (χ4v) is 2.41. The molecule has 0 amide bonds. The van der Waals surface area contributed by atoms with Gasteiger partial charge in [-0.15, -0.1) is 11.6 Å². The van der Waals surface area contributed by atoms with Crippen molar-refractivity contribution in [2.75, 3.05) is 0 Å². The van der Waals surface area contributed by atoms with Crippen molar-refractivity contribution in [3.05, 3.63) is 65.5 Å². The van der Waals surface area contributed by atoms with E-state index >= 15 is 0 Å². The molecule has 0 N–H and O–H groups in total. The molecule has 106 valence electrons. The molecule has 0 atom stereocenters. The molecule has 3 aromatic rings. The highest BCUT2D eigenvalue weighted by atomic mass is 35.5. The van der Waals surface area contributed by atoms with Crippen LogP contribution < -0.4 is 4.74 Å². The minimum absolute atomic E-state index is 0.165. The summed E-state index contributed by atoms with van der Waals surface area (Å²) in [5.74, 6) is 0.436. The summed E-state index contributed by atoms with van der Waals surface area (Å²) in [6.45, 7) is 1.88. The van der Waals surface area contributed by atoms with Crippen LogP contribution in [0.5, 0.6) is 11.6 Å². The molecule has 1 aromatic heterocycles. The van der Waals surface area contributed by atoms with Crippen molar-refractivity contribution >= 4 is 22.5 Å². The highest BCUT2D eigenvalue weighted by molar-refractivity contribution is 6.18. The first-order valence-corrected chi connectivity index (χ1v) is 7.09. The van der Waals surface area contributed by atoms with E-state index in [1.807, 2.05) is 31.2 Å². The molecule has 0 fully saturated rings. The standard InChI is InChI=1S/C17H13ClFNO/c1-11-6-7-14(19)16(8-11)21-17-9-12(10-18)13-4-2-3-5-15(13)20-17/h2-9H,10H2,1H3. The molecular weight excluding hydrogens is 289 g/mol. The third-order valence-corrected chi connectivity index (χ3v) is 3.51. The average Bonchev–Trinajstić information content (AvgIpc) is 2.50. The summed E-state index contributed by atoms with van der Waals surface area (Å²) in [7, 11) is 0. The van der Waals surface area contributed by atoms with E-state index in [9.17, 15) is 4.39 Å². The Hall–Kier alpha value is -2.13. The van der Waals surface area contributed by atoms with Gasteiger partial charge in [0.15, 0.2) is 11.6 Å². The topological polar surface area (TPSA) is 22.1 Å². The van der Waals surface area contributed by atoms with E-state index in [0.29, 0.717) is 11.8 Å². The van der Waals surface area contributed by atoms with Gasteiger partial charge in [0.2, 0.25) is 5.88 Å². The summed E-state index contributed by atoms with van der Waals surface area (Å²) >= 11 is 5.98. The van der Waals surface area contributed by atoms with Gasteiger partial charge in [0.1, 0.15) is 0 Å². The normalized spacial score (nSPS) is 10.8. The van der Waals surface area contributed by atoms with Crippen molar-refractivity contribution in [3.63, 3.8) is 0 Å². The SMILES string of the molecule is Cc1ccc(F)c(Oc2cc(CCl)c3ccccc3n2)c1. The summed E-state index contributed by atoms with van der Waals surface area (Å²) in [5.41, 5.74) is 2.61. The number of ether oxygens (including phenoxy) is 1. The molecule has 0 radical (unpaired) electrons. The fourth-order valence-electron chi connectivity index (χ4n) is 2.18. The number of nitrogens with zero attached hydrogens (tertiary/aromatic N) is 1. The first-order valence-electron chi connectivity index (χ1n) is 6.56. The molecule has 0 saturated heterocycles. The van der Waals surface area contributed by atoms with Crippen molar-refractivity contribution < 1.29 is 9.13 Å². The maximum atomic E-state index is 13.8. The van der Waals surface area contributed by atoms with Gasteiger partial charge in [-0.05, 0) is 36.2 Å². The number of rotatable bonds is 3. The Balaban J connectivity index is 2.06. The zero-order valence-corrected chi connectivity index (χ0v) is 12.2. The molecule has 2 aromatic carbocycles. The molecule has 2 nitrogen and oxygen atoms in total. The zero-order chi connectivity index (χ0) is 14.8. The summed E-state index contributed by atoms with van der Waals surface area (Å²) < 4.78 is 19.4. The monoisotopic (exact) mass is 301 g/mol. The molecule has 3 rings (SSSR count). The van der Waals surface area contributed by atoms with Crippen LogP contribution in [0.1, 0.15) is 11.1 Å². The lowest BCUT2D eigenvalue weighted by atomic mass is 10.1. The Morgan fingerprint density at radius 1 is 1.14 bits per heavy atom. The van der Waals surface area contributed by atoms with Crippen molar-refractivity contribution in [1.82, 2.24) is 4.98 Å². The van der Waals surface area contributed by atoms with Gasteiger partial charge < -0.3 is 4.74 Å². The van der Waals surface area contributed by atoms with Gasteiger partial charge in [0.25, 0.3) is 0 Å². The number of fused-ring (bicyclic) bond motifs is 1. The van der Waals surface area contributed by atoms with Crippen LogP contribution in [0.25, 0.3) is 10.9 Å². The summed E-state index contributed by atoms with van der Waals surface area (Å²) in [6, 6.07) is 14.1. The molecule has 1 heterocycles. The van der Waals surface area contributed by atoms with Gasteiger partial charge in [-0.2, -0.15) is 0 Å². The van der Waals surface area contributed by atoms with Crippen LogP contribution in [0.2, 0.25) is 0 Å². The molecule has 0 saturated carbocycles. The van der Waals surface area contributed by atoms with E-state index < -0.39 is 5.82 Å². The highest BCUT2D eigenvalue weighted by Gasteiger charge is 2.09. The summed E-state index contributed by atoms with van der Waals surface area (Å²) in [5, 5.41) is 0.976. The van der Waals surface area contributed by atoms with Crippen LogP contribution in [0.3, 0.4) is 0 Å². The zero-order valence-electron chi connectivity index (χ0n) is 11.4. The smallest absolute Gasteiger partial charge is 0.220 e. The number of pyridine rings is 1. The van der Waals surface area contributed by atoms with Gasteiger partial charge in [0.05, 0.1) is 5.52 Å². The molecule has 21 heavy (non-hydrogen) atoms. The second-order valence-electron chi connectivity index (χ2n) is 4.81. The van der Waals surface area contributed by atoms with Crippen molar-refractivity contribution in [3.8, 4) is 11.6 Å². The van der Waals surface area contributed by atoms with E-state index in [1.54, 1.807) is 18.2 Å². The summed E-state index contributed by atoms with van der Waals surface area (Å²) in [4.78, 5) is 4.40. The Morgan fingerprint density at radius 3 is 2.76 bits per heavy atom. The Bertz CT molecular complexity index is 804. The van der Waals surface area contributed by atoms with Crippen LogP contribution >= 0.6 is 11.6 Å². The van der Waals surface area contributed by atoms with Crippen LogP contribution in [0.4, 0.5) is 4.39 Å². The molecule has 0 aliphatic heterocycles. The van der Waals surface area contributed by atoms with Gasteiger partial charge in [-0.1, -0.05) is 24.3 Å². The van der Waals surface area contributed by atoms with Crippen LogP contribution in [-0.2, 0) is 5.88 Å². The minimum Gasteiger partial charge on any atom is -0.436 e. The van der Waals surface area contributed by atoms with Gasteiger partial charge in [0, 0.05) is 17.3 Å². The van der Waals surface area contributed by atoms with Crippen LogP contribution in [-0.4, -0.2) is 4.98 Å². The van der Waals surface area contributed by atoms with Crippen molar-refractivity contribution in [1.29, 1.82) is 0 Å². The van der Waals surface area contributed by atoms with E-state index in [1.165, 1.54) is 6.07 Å². The third kappa shape index (κ3) is 2.83. The number of halogens is 2. The number of benzene rings is 2. The average molecular weight is 302 g/mol. The van der Waals surface area contributed by atoms with Gasteiger partial charge in [-0.3, -0.25) is 0 Å². The number of alkyl halides is 1. The lowest BCUT2D eigenvalue weighted by Crippen LogP contribution is -1.94. The molecule has 0 spiro atoms. The lowest BCUT2D eigenvalue weighted by Gasteiger charge is -2.10. The largest absolute Gasteiger partial charge is 0.436 e. The van der Waals surface area contributed by atoms with E-state index in [4.69, 9.17) is 16.3 Å². The Labute approximate surface area is 127 Å².